The summed E-state index contributed by atoms with van der Waals surface area (Å²) in [6.07, 6.45) is 1.84. The van der Waals surface area contributed by atoms with Gasteiger partial charge in [-0.2, -0.15) is 0 Å². The predicted molar refractivity (Wildman–Crippen MR) is 109 cm³/mol. The molecular formula is C22H21N3O5. The number of H-pyrrole nitrogens is 1. The van der Waals surface area contributed by atoms with E-state index < -0.39 is 0 Å². The standard InChI is InChI=1S/C22H21N3O5/c26-21-16-5-1-2-6-17(16)23-20(24-21)12-25(11-15-4-3-9-28-15)22(27)14-7-8-18-19(10-14)30-13-29-18/h1-2,5-8,10,15H,3-4,9,11-13H2,(H,23,24,26)/t15-/m0/s1. The average molecular weight is 407 g/mol. The van der Waals surface area contributed by atoms with E-state index in [-0.39, 0.29) is 30.9 Å². The molecule has 154 valence electrons. The van der Waals surface area contributed by atoms with Crippen LogP contribution in [0.2, 0.25) is 0 Å². The van der Waals surface area contributed by atoms with Crippen molar-refractivity contribution in [3.8, 4) is 11.5 Å². The number of nitrogens with one attached hydrogen (secondary N) is 1. The van der Waals surface area contributed by atoms with Crippen molar-refractivity contribution < 1.29 is 19.0 Å². The van der Waals surface area contributed by atoms with Crippen LogP contribution in [0.15, 0.2) is 47.3 Å². The van der Waals surface area contributed by atoms with Crippen LogP contribution in [0.3, 0.4) is 0 Å². The van der Waals surface area contributed by atoms with E-state index in [4.69, 9.17) is 14.2 Å². The molecule has 1 N–H and O–H groups in total. The van der Waals surface area contributed by atoms with Gasteiger partial charge in [0, 0.05) is 18.7 Å². The SMILES string of the molecule is O=C(c1ccc2c(c1)OCO2)N(Cc1nc2ccccc2c(=O)[nH]1)C[C@@H]1CCCO1. The molecule has 8 heteroatoms. The quantitative estimate of drug-likeness (QED) is 0.698. The van der Waals surface area contributed by atoms with Crippen LogP contribution in [0.25, 0.3) is 10.9 Å². The number of rotatable bonds is 5. The molecule has 0 unspecified atom stereocenters. The molecule has 2 aromatic carbocycles. The van der Waals surface area contributed by atoms with Crippen LogP contribution in [0.5, 0.6) is 11.5 Å². The lowest BCUT2D eigenvalue weighted by atomic mass is 10.1. The number of aromatic nitrogens is 2. The second kappa shape index (κ2) is 7.79. The minimum Gasteiger partial charge on any atom is -0.454 e. The zero-order valence-electron chi connectivity index (χ0n) is 16.3. The summed E-state index contributed by atoms with van der Waals surface area (Å²) in [7, 11) is 0. The van der Waals surface area contributed by atoms with Gasteiger partial charge in [-0.05, 0) is 43.2 Å². The summed E-state index contributed by atoms with van der Waals surface area (Å²) in [6, 6.07) is 12.3. The van der Waals surface area contributed by atoms with Crippen LogP contribution in [0, 0.1) is 0 Å². The summed E-state index contributed by atoms with van der Waals surface area (Å²) in [5, 5.41) is 0.522. The van der Waals surface area contributed by atoms with Crippen LogP contribution in [0.4, 0.5) is 0 Å². The topological polar surface area (TPSA) is 93.8 Å². The fraction of sp³-hybridized carbons (Fsp3) is 0.318. The Morgan fingerprint density at radius 3 is 2.90 bits per heavy atom. The maximum Gasteiger partial charge on any atom is 0.258 e. The first-order chi connectivity index (χ1) is 14.7. The average Bonchev–Trinajstić information content (AvgIpc) is 3.44. The summed E-state index contributed by atoms with van der Waals surface area (Å²) < 4.78 is 16.5. The number of ether oxygens (including phenoxy) is 3. The lowest BCUT2D eigenvalue weighted by Crippen LogP contribution is -2.37. The molecule has 1 amide bonds. The predicted octanol–water partition coefficient (Wildman–Crippen LogP) is 2.47. The maximum atomic E-state index is 13.3. The number of fused-ring (bicyclic) bond motifs is 2. The highest BCUT2D eigenvalue weighted by Crippen LogP contribution is 2.33. The van der Waals surface area contributed by atoms with E-state index in [9.17, 15) is 9.59 Å². The number of hydrogen-bond acceptors (Lipinski definition) is 6. The van der Waals surface area contributed by atoms with Gasteiger partial charge in [-0.3, -0.25) is 9.59 Å². The van der Waals surface area contributed by atoms with Crippen LogP contribution < -0.4 is 15.0 Å². The largest absolute Gasteiger partial charge is 0.454 e. The fourth-order valence-corrected chi connectivity index (χ4v) is 3.86. The van der Waals surface area contributed by atoms with Gasteiger partial charge in [-0.25, -0.2) is 4.98 Å². The summed E-state index contributed by atoms with van der Waals surface area (Å²) in [4.78, 5) is 34.8. The van der Waals surface area contributed by atoms with Gasteiger partial charge in [0.2, 0.25) is 6.79 Å². The smallest absolute Gasteiger partial charge is 0.258 e. The molecule has 30 heavy (non-hydrogen) atoms. The third-order valence-electron chi connectivity index (χ3n) is 5.36. The summed E-state index contributed by atoms with van der Waals surface area (Å²) in [6.45, 7) is 1.44. The van der Waals surface area contributed by atoms with Gasteiger partial charge in [-0.15, -0.1) is 0 Å². The van der Waals surface area contributed by atoms with Crippen LogP contribution in [0.1, 0.15) is 29.0 Å². The third-order valence-corrected chi connectivity index (χ3v) is 5.36. The Morgan fingerprint density at radius 2 is 2.03 bits per heavy atom. The molecular weight excluding hydrogens is 386 g/mol. The molecule has 1 saturated heterocycles. The Labute approximate surface area is 172 Å². The van der Waals surface area contributed by atoms with Gasteiger partial charge in [0.05, 0.1) is 23.6 Å². The Balaban J connectivity index is 1.45. The van der Waals surface area contributed by atoms with E-state index in [1.807, 2.05) is 6.07 Å². The zero-order chi connectivity index (χ0) is 20.5. The van der Waals surface area contributed by atoms with Crippen molar-refractivity contribution >= 4 is 16.8 Å². The number of para-hydroxylation sites is 1. The summed E-state index contributed by atoms with van der Waals surface area (Å²) in [5.74, 6) is 1.43. The van der Waals surface area contributed by atoms with Gasteiger partial charge >= 0.3 is 0 Å². The Bertz CT molecular complexity index is 1150. The second-order valence-electron chi connectivity index (χ2n) is 7.42. The number of nitrogens with zero attached hydrogens (tertiary/aromatic N) is 2. The number of aromatic amines is 1. The number of carbonyl (C=O) groups excluding carboxylic acids is 1. The highest BCUT2D eigenvalue weighted by atomic mass is 16.7. The molecule has 1 aromatic heterocycles. The molecule has 1 atom stereocenters. The minimum atomic E-state index is -0.219. The first-order valence-electron chi connectivity index (χ1n) is 9.96. The molecule has 0 bridgehead atoms. The first-order valence-corrected chi connectivity index (χ1v) is 9.96. The zero-order valence-corrected chi connectivity index (χ0v) is 16.3. The van der Waals surface area contributed by atoms with Crippen molar-refractivity contribution in [3.63, 3.8) is 0 Å². The molecule has 0 aliphatic carbocycles. The van der Waals surface area contributed by atoms with Gasteiger partial charge in [0.1, 0.15) is 5.82 Å². The van der Waals surface area contributed by atoms with Crippen molar-refractivity contribution in [2.75, 3.05) is 19.9 Å². The van der Waals surface area contributed by atoms with Gasteiger partial charge < -0.3 is 24.1 Å². The van der Waals surface area contributed by atoms with E-state index in [0.717, 1.165) is 12.8 Å². The van der Waals surface area contributed by atoms with Crippen molar-refractivity contribution in [2.45, 2.75) is 25.5 Å². The molecule has 0 radical (unpaired) electrons. The Hall–Kier alpha value is -3.39. The molecule has 0 spiro atoms. The van der Waals surface area contributed by atoms with Crippen molar-refractivity contribution in [1.29, 1.82) is 0 Å². The van der Waals surface area contributed by atoms with E-state index >= 15 is 0 Å². The lowest BCUT2D eigenvalue weighted by molar-refractivity contribution is 0.0501. The number of hydrogen-bond donors (Lipinski definition) is 1. The van der Waals surface area contributed by atoms with Crippen LogP contribution in [-0.4, -0.2) is 46.8 Å². The third kappa shape index (κ3) is 3.61. The molecule has 8 nitrogen and oxygen atoms in total. The van der Waals surface area contributed by atoms with Gasteiger partial charge in [0.25, 0.3) is 11.5 Å². The van der Waals surface area contributed by atoms with Crippen LogP contribution in [-0.2, 0) is 11.3 Å². The van der Waals surface area contributed by atoms with Crippen molar-refractivity contribution in [3.05, 3.63) is 64.2 Å². The van der Waals surface area contributed by atoms with E-state index in [1.165, 1.54) is 0 Å². The molecule has 0 saturated carbocycles. The maximum absolute atomic E-state index is 13.3. The number of amides is 1. The van der Waals surface area contributed by atoms with E-state index in [2.05, 4.69) is 9.97 Å². The number of carbonyl (C=O) groups is 1. The van der Waals surface area contributed by atoms with Gasteiger partial charge in [-0.1, -0.05) is 12.1 Å². The molecule has 2 aliphatic heterocycles. The molecule has 5 rings (SSSR count). The molecule has 1 fully saturated rings. The summed E-state index contributed by atoms with van der Waals surface area (Å²) in [5.41, 5.74) is 0.868. The van der Waals surface area contributed by atoms with E-state index in [0.29, 0.717) is 46.9 Å². The monoisotopic (exact) mass is 407 g/mol. The van der Waals surface area contributed by atoms with Gasteiger partial charge in [0.15, 0.2) is 11.5 Å². The molecule has 2 aliphatic rings. The highest BCUT2D eigenvalue weighted by molar-refractivity contribution is 5.95. The Morgan fingerprint density at radius 1 is 1.17 bits per heavy atom. The van der Waals surface area contributed by atoms with Crippen molar-refractivity contribution in [1.82, 2.24) is 14.9 Å². The van der Waals surface area contributed by atoms with Crippen LogP contribution >= 0.6 is 0 Å². The van der Waals surface area contributed by atoms with E-state index in [1.54, 1.807) is 41.3 Å². The minimum absolute atomic E-state index is 0.0323. The van der Waals surface area contributed by atoms with Crippen molar-refractivity contribution in [2.24, 2.45) is 0 Å². The normalized spacial score (nSPS) is 17.4. The second-order valence-corrected chi connectivity index (χ2v) is 7.42. The highest BCUT2D eigenvalue weighted by Gasteiger charge is 2.26. The summed E-state index contributed by atoms with van der Waals surface area (Å²) >= 11 is 0. The Kier molecular flexibility index (Phi) is 4.84. The lowest BCUT2D eigenvalue weighted by Gasteiger charge is -2.25. The number of benzene rings is 2. The molecule has 3 heterocycles. The molecule has 3 aromatic rings. The fourth-order valence-electron chi connectivity index (χ4n) is 3.86. The first kappa shape index (κ1) is 18.6.